The minimum Gasteiger partial charge on any atom is -0.305 e. The first-order valence-corrected chi connectivity index (χ1v) is 14.3. The van der Waals surface area contributed by atoms with E-state index in [1.54, 1.807) is 23.1 Å². The molecule has 5 rings (SSSR count). The van der Waals surface area contributed by atoms with Crippen LogP contribution >= 0.6 is 23.1 Å². The molecule has 0 radical (unpaired) electrons. The maximum absolute atomic E-state index is 12.9. The first-order chi connectivity index (χ1) is 17.7. The summed E-state index contributed by atoms with van der Waals surface area (Å²) < 4.78 is 41.7. The van der Waals surface area contributed by atoms with Crippen LogP contribution in [0.5, 0.6) is 0 Å². The Morgan fingerprint density at radius 2 is 1.86 bits per heavy atom. The van der Waals surface area contributed by atoms with Crippen LogP contribution in [0, 0.1) is 6.92 Å². The van der Waals surface area contributed by atoms with E-state index in [9.17, 15) is 13.2 Å². The third-order valence-electron chi connectivity index (χ3n) is 7.09. The van der Waals surface area contributed by atoms with Crippen molar-refractivity contribution >= 4 is 33.3 Å². The lowest BCUT2D eigenvalue weighted by Gasteiger charge is -2.26. The summed E-state index contributed by atoms with van der Waals surface area (Å²) in [6, 6.07) is 11.9. The van der Waals surface area contributed by atoms with Crippen molar-refractivity contribution in [2.24, 2.45) is 7.05 Å². The molecule has 0 spiro atoms. The Hall–Kier alpha value is -2.43. The second-order valence-electron chi connectivity index (χ2n) is 9.71. The number of aryl methyl sites for hydroxylation is 1. The highest BCUT2D eigenvalue weighted by molar-refractivity contribution is 7.99. The van der Waals surface area contributed by atoms with Crippen LogP contribution in [0.1, 0.15) is 42.3 Å². The number of aromatic nitrogens is 4. The minimum atomic E-state index is -4.35. The zero-order valence-corrected chi connectivity index (χ0v) is 22.8. The van der Waals surface area contributed by atoms with Crippen LogP contribution in [-0.4, -0.2) is 50.0 Å². The largest absolute Gasteiger partial charge is 0.416 e. The Kier molecular flexibility index (Phi) is 7.35. The van der Waals surface area contributed by atoms with Gasteiger partial charge in [-0.2, -0.15) is 13.2 Å². The van der Waals surface area contributed by atoms with Crippen LogP contribution in [0.15, 0.2) is 47.6 Å². The van der Waals surface area contributed by atoms with Crippen molar-refractivity contribution in [1.29, 1.82) is 0 Å². The van der Waals surface area contributed by atoms with Crippen molar-refractivity contribution in [3.63, 3.8) is 0 Å². The SMILES string of the molecule is CCN(CCCSc1nnc(-c2ccc(C(F)(F)F)cc2)n1C)CC1(c2ccc3sc(C)nc3c2)CC1. The van der Waals surface area contributed by atoms with Gasteiger partial charge in [-0.1, -0.05) is 36.9 Å². The summed E-state index contributed by atoms with van der Waals surface area (Å²) in [4.78, 5) is 7.23. The number of halogens is 3. The van der Waals surface area contributed by atoms with Gasteiger partial charge in [0.15, 0.2) is 11.0 Å². The number of fused-ring (bicyclic) bond motifs is 1. The predicted octanol–water partition coefficient (Wildman–Crippen LogP) is 6.95. The van der Waals surface area contributed by atoms with E-state index < -0.39 is 11.7 Å². The van der Waals surface area contributed by atoms with Crippen LogP contribution in [-0.2, 0) is 18.6 Å². The molecule has 0 bridgehead atoms. The summed E-state index contributed by atoms with van der Waals surface area (Å²) >= 11 is 3.38. The molecule has 1 saturated carbocycles. The number of nitrogens with zero attached hydrogens (tertiary/aromatic N) is 5. The lowest BCUT2D eigenvalue weighted by Crippen LogP contribution is -2.33. The fourth-order valence-corrected chi connectivity index (χ4v) is 6.43. The van der Waals surface area contributed by atoms with E-state index in [0.29, 0.717) is 11.4 Å². The molecular formula is C27H30F3N5S2. The van der Waals surface area contributed by atoms with Gasteiger partial charge in [0.2, 0.25) is 0 Å². The Morgan fingerprint density at radius 1 is 1.11 bits per heavy atom. The summed E-state index contributed by atoms with van der Waals surface area (Å²) in [7, 11) is 1.85. The topological polar surface area (TPSA) is 46.8 Å². The first-order valence-electron chi connectivity index (χ1n) is 12.5. The molecule has 2 aromatic carbocycles. The fraction of sp³-hybridized carbons (Fsp3) is 0.444. The van der Waals surface area contributed by atoms with Gasteiger partial charge in [0, 0.05) is 30.3 Å². The Bertz CT molecular complexity index is 1370. The van der Waals surface area contributed by atoms with E-state index >= 15 is 0 Å². The van der Waals surface area contributed by atoms with Gasteiger partial charge in [0.1, 0.15) is 0 Å². The number of hydrogen-bond donors (Lipinski definition) is 0. The van der Waals surface area contributed by atoms with Gasteiger partial charge < -0.3 is 9.47 Å². The maximum atomic E-state index is 12.9. The van der Waals surface area contributed by atoms with Gasteiger partial charge in [0.25, 0.3) is 0 Å². The zero-order valence-electron chi connectivity index (χ0n) is 21.2. The van der Waals surface area contributed by atoms with Gasteiger partial charge in [-0.15, -0.1) is 21.5 Å². The third-order valence-corrected chi connectivity index (χ3v) is 9.15. The molecule has 0 saturated heterocycles. The quantitative estimate of drug-likeness (QED) is 0.159. The number of alkyl halides is 3. The van der Waals surface area contributed by atoms with Crippen LogP contribution in [0.2, 0.25) is 0 Å². The molecule has 2 aromatic heterocycles. The molecule has 2 heterocycles. The zero-order chi connectivity index (χ0) is 26.2. The molecular weight excluding hydrogens is 515 g/mol. The predicted molar refractivity (Wildman–Crippen MR) is 144 cm³/mol. The van der Waals surface area contributed by atoms with E-state index in [4.69, 9.17) is 0 Å². The van der Waals surface area contributed by atoms with Gasteiger partial charge in [0.05, 0.1) is 20.8 Å². The smallest absolute Gasteiger partial charge is 0.305 e. The molecule has 0 atom stereocenters. The van der Waals surface area contributed by atoms with E-state index in [1.165, 1.54) is 35.2 Å². The average Bonchev–Trinajstić information content (AvgIpc) is 3.42. The second-order valence-corrected chi connectivity index (χ2v) is 12.0. The number of thiazole rings is 1. The van der Waals surface area contributed by atoms with Gasteiger partial charge >= 0.3 is 6.18 Å². The van der Waals surface area contributed by atoms with E-state index in [2.05, 4.69) is 52.1 Å². The summed E-state index contributed by atoms with van der Waals surface area (Å²) in [6.45, 7) is 7.35. The molecule has 1 aliphatic carbocycles. The number of rotatable bonds is 10. The molecule has 0 amide bonds. The molecule has 1 fully saturated rings. The lowest BCUT2D eigenvalue weighted by atomic mass is 9.95. The molecule has 0 N–H and O–H groups in total. The molecule has 0 unspecified atom stereocenters. The van der Waals surface area contributed by atoms with Crippen LogP contribution in [0.25, 0.3) is 21.6 Å². The van der Waals surface area contributed by atoms with Crippen LogP contribution in [0.4, 0.5) is 13.2 Å². The van der Waals surface area contributed by atoms with Crippen LogP contribution in [0.3, 0.4) is 0 Å². The van der Waals surface area contributed by atoms with Crippen molar-refractivity contribution in [3.05, 3.63) is 58.6 Å². The molecule has 4 aromatic rings. The molecule has 0 aliphatic heterocycles. The van der Waals surface area contributed by atoms with Crippen molar-refractivity contribution in [2.45, 2.75) is 49.9 Å². The van der Waals surface area contributed by atoms with E-state index in [0.717, 1.165) is 59.6 Å². The Balaban J connectivity index is 1.15. The number of hydrogen-bond acceptors (Lipinski definition) is 6. The minimum absolute atomic E-state index is 0.245. The second kappa shape index (κ2) is 10.4. The fourth-order valence-electron chi connectivity index (χ4n) is 4.79. The molecule has 5 nitrogen and oxygen atoms in total. The normalized spacial score (nSPS) is 15.1. The molecule has 37 heavy (non-hydrogen) atoms. The number of likely N-dealkylation sites (N-methyl/N-ethyl adjacent to an activating group) is 1. The van der Waals surface area contributed by atoms with E-state index in [1.807, 2.05) is 11.6 Å². The van der Waals surface area contributed by atoms with Crippen molar-refractivity contribution in [1.82, 2.24) is 24.6 Å². The average molecular weight is 546 g/mol. The van der Waals surface area contributed by atoms with Crippen molar-refractivity contribution in [2.75, 3.05) is 25.4 Å². The summed E-state index contributed by atoms with van der Waals surface area (Å²) in [5, 5.41) is 10.4. The number of thioether (sulfide) groups is 1. The maximum Gasteiger partial charge on any atom is 0.416 e. The highest BCUT2D eigenvalue weighted by Crippen LogP contribution is 2.49. The molecule has 10 heteroatoms. The van der Waals surface area contributed by atoms with Crippen molar-refractivity contribution < 1.29 is 13.2 Å². The Morgan fingerprint density at radius 3 is 2.54 bits per heavy atom. The lowest BCUT2D eigenvalue weighted by molar-refractivity contribution is -0.137. The summed E-state index contributed by atoms with van der Waals surface area (Å²) in [5.41, 5.74) is 2.72. The molecule has 1 aliphatic rings. The first kappa shape index (κ1) is 26.2. The van der Waals surface area contributed by atoms with Gasteiger partial charge in [-0.3, -0.25) is 0 Å². The molecule has 196 valence electrons. The summed E-state index contributed by atoms with van der Waals surface area (Å²) in [5.74, 6) is 1.46. The van der Waals surface area contributed by atoms with Crippen molar-refractivity contribution in [3.8, 4) is 11.4 Å². The van der Waals surface area contributed by atoms with Crippen LogP contribution < -0.4 is 0 Å². The Labute approximate surface area is 223 Å². The summed E-state index contributed by atoms with van der Waals surface area (Å²) in [6.07, 6.45) is -0.892. The van der Waals surface area contributed by atoms with Gasteiger partial charge in [-0.25, -0.2) is 4.98 Å². The standard InChI is InChI=1S/C27H30F3N5S2/c1-4-35(17-26(12-13-26)21-10-11-23-22(16-21)31-18(2)37-23)14-5-15-36-25-33-32-24(34(25)3)19-6-8-20(9-7-19)27(28,29)30/h6-11,16H,4-5,12-15,17H2,1-3H3. The highest BCUT2D eigenvalue weighted by Gasteiger charge is 2.45. The van der Waals surface area contributed by atoms with Gasteiger partial charge in [-0.05, 0) is 69.1 Å². The number of benzene rings is 2. The highest BCUT2D eigenvalue weighted by atomic mass is 32.2. The van der Waals surface area contributed by atoms with E-state index in [-0.39, 0.29) is 5.41 Å². The third kappa shape index (κ3) is 5.71. The monoisotopic (exact) mass is 545 g/mol.